The summed E-state index contributed by atoms with van der Waals surface area (Å²) in [6.07, 6.45) is 0. The molecule has 0 amide bonds. The molecule has 0 radical (unpaired) electrons. The van der Waals surface area contributed by atoms with Crippen molar-refractivity contribution in [2.24, 2.45) is 0 Å². The summed E-state index contributed by atoms with van der Waals surface area (Å²) >= 11 is 0. The molecule has 0 aliphatic rings. The van der Waals surface area contributed by atoms with Crippen molar-refractivity contribution in [1.29, 1.82) is 0 Å². The zero-order valence-corrected chi connectivity index (χ0v) is 24.7. The molecule has 1 heterocycles. The predicted octanol–water partition coefficient (Wildman–Crippen LogP) is 12.3. The van der Waals surface area contributed by atoms with Crippen molar-refractivity contribution in [3.8, 4) is 44.5 Å². The lowest BCUT2D eigenvalue weighted by Crippen LogP contribution is -1.88. The van der Waals surface area contributed by atoms with Gasteiger partial charge >= 0.3 is 0 Å². The Morgan fingerprint density at radius 2 is 0.889 bits per heavy atom. The van der Waals surface area contributed by atoms with Gasteiger partial charge in [0.2, 0.25) is 0 Å². The highest BCUT2D eigenvalue weighted by atomic mass is 14.7. The highest BCUT2D eigenvalue weighted by Crippen LogP contribution is 2.41. The number of aromatic nitrogens is 1. The van der Waals surface area contributed by atoms with Crippen LogP contribution in [0.15, 0.2) is 170 Å². The normalized spacial score (nSPS) is 11.6. The molecule has 1 heteroatoms. The van der Waals surface area contributed by atoms with Crippen molar-refractivity contribution < 1.29 is 0 Å². The Morgan fingerprint density at radius 3 is 1.67 bits per heavy atom. The summed E-state index contributed by atoms with van der Waals surface area (Å²) in [5, 5.41) is 7.58. The number of rotatable bonds is 4. The first kappa shape index (κ1) is 25.6. The molecule has 0 saturated heterocycles. The first-order chi connectivity index (χ1) is 22.3. The summed E-state index contributed by atoms with van der Waals surface area (Å²) in [4.78, 5) is 3.82. The molecule has 0 saturated carbocycles. The van der Waals surface area contributed by atoms with Gasteiger partial charge in [0.15, 0.2) is 0 Å². The van der Waals surface area contributed by atoms with E-state index >= 15 is 0 Å². The van der Waals surface area contributed by atoms with Gasteiger partial charge in [0, 0.05) is 21.9 Å². The van der Waals surface area contributed by atoms with Crippen LogP contribution < -0.4 is 0 Å². The number of hydrogen-bond donors (Lipinski definition) is 1. The average Bonchev–Trinajstić information content (AvgIpc) is 3.49. The molecule has 0 spiro atoms. The first-order valence-corrected chi connectivity index (χ1v) is 15.5. The van der Waals surface area contributed by atoms with Crippen LogP contribution in [0.25, 0.3) is 87.9 Å². The Labute approximate surface area is 262 Å². The fraction of sp³-hybridized carbons (Fsp3) is 0. The Bertz CT molecular complexity index is 2520. The summed E-state index contributed by atoms with van der Waals surface area (Å²) in [7, 11) is 0. The van der Waals surface area contributed by atoms with E-state index in [1.807, 2.05) is 0 Å². The van der Waals surface area contributed by atoms with E-state index in [2.05, 4.69) is 175 Å². The topological polar surface area (TPSA) is 15.8 Å². The Kier molecular flexibility index (Phi) is 5.89. The molecule has 1 aromatic heterocycles. The lowest BCUT2D eigenvalue weighted by molar-refractivity contribution is 1.53. The summed E-state index contributed by atoms with van der Waals surface area (Å²) in [5.41, 5.74) is 12.1. The van der Waals surface area contributed by atoms with Crippen LogP contribution in [0.5, 0.6) is 0 Å². The van der Waals surface area contributed by atoms with Crippen LogP contribution in [-0.4, -0.2) is 4.98 Å². The molecule has 0 unspecified atom stereocenters. The average molecular weight is 572 g/mol. The molecule has 0 aliphatic heterocycles. The standard InChI is InChI=1S/C44H29N/c1-3-12-29(13-4-1)31-22-23-43-41(25-31)42-28-35(30-14-5-2-6-15-30)27-40(44(42)45-43)33-18-11-17-32(24-33)39-26-34-16-7-8-19-36(34)37-20-9-10-21-38(37)39/h1-28,45H. The van der Waals surface area contributed by atoms with Crippen LogP contribution in [0.3, 0.4) is 0 Å². The fourth-order valence-corrected chi connectivity index (χ4v) is 6.98. The number of nitrogens with one attached hydrogen (secondary N) is 1. The van der Waals surface area contributed by atoms with Gasteiger partial charge in [-0.3, -0.25) is 0 Å². The van der Waals surface area contributed by atoms with Crippen molar-refractivity contribution in [3.05, 3.63) is 170 Å². The van der Waals surface area contributed by atoms with Gasteiger partial charge in [0.1, 0.15) is 0 Å². The third-order valence-electron chi connectivity index (χ3n) is 9.17. The van der Waals surface area contributed by atoms with Crippen LogP contribution in [-0.2, 0) is 0 Å². The van der Waals surface area contributed by atoms with E-state index < -0.39 is 0 Å². The second-order valence-electron chi connectivity index (χ2n) is 11.8. The van der Waals surface area contributed by atoms with Crippen molar-refractivity contribution in [2.45, 2.75) is 0 Å². The van der Waals surface area contributed by atoms with Gasteiger partial charge in [0.05, 0.1) is 5.52 Å². The van der Waals surface area contributed by atoms with E-state index in [-0.39, 0.29) is 0 Å². The Balaban J connectivity index is 1.29. The second-order valence-corrected chi connectivity index (χ2v) is 11.8. The summed E-state index contributed by atoms with van der Waals surface area (Å²) in [6.45, 7) is 0. The van der Waals surface area contributed by atoms with E-state index in [1.54, 1.807) is 0 Å². The Hall–Kier alpha value is -5.92. The van der Waals surface area contributed by atoms with Crippen LogP contribution in [0.1, 0.15) is 0 Å². The lowest BCUT2D eigenvalue weighted by atomic mass is 9.90. The minimum absolute atomic E-state index is 1.15. The van der Waals surface area contributed by atoms with Crippen LogP contribution in [0.4, 0.5) is 0 Å². The highest BCUT2D eigenvalue weighted by molar-refractivity contribution is 6.16. The smallest absolute Gasteiger partial charge is 0.0544 e. The lowest BCUT2D eigenvalue weighted by Gasteiger charge is -2.13. The molecule has 210 valence electrons. The van der Waals surface area contributed by atoms with Crippen molar-refractivity contribution in [3.63, 3.8) is 0 Å². The van der Waals surface area contributed by atoms with E-state index in [4.69, 9.17) is 0 Å². The van der Waals surface area contributed by atoms with E-state index in [0.717, 1.165) is 11.0 Å². The SMILES string of the molecule is c1ccc(-c2ccc3[nH]c4c(-c5cccc(-c6cc7ccccc7c7ccccc67)c5)cc(-c5ccccc5)cc4c3c2)cc1. The van der Waals surface area contributed by atoms with E-state index in [0.29, 0.717) is 0 Å². The van der Waals surface area contributed by atoms with Crippen molar-refractivity contribution in [1.82, 2.24) is 4.98 Å². The maximum Gasteiger partial charge on any atom is 0.0544 e. The van der Waals surface area contributed by atoms with E-state index in [9.17, 15) is 0 Å². The van der Waals surface area contributed by atoms with Gasteiger partial charge in [-0.25, -0.2) is 0 Å². The number of hydrogen-bond acceptors (Lipinski definition) is 0. The zero-order chi connectivity index (χ0) is 29.7. The summed E-state index contributed by atoms with van der Waals surface area (Å²) in [5.74, 6) is 0. The third-order valence-corrected chi connectivity index (χ3v) is 9.17. The highest BCUT2D eigenvalue weighted by Gasteiger charge is 2.16. The minimum atomic E-state index is 1.15. The van der Waals surface area contributed by atoms with Gasteiger partial charge in [-0.15, -0.1) is 0 Å². The van der Waals surface area contributed by atoms with Crippen LogP contribution >= 0.6 is 0 Å². The molecular formula is C44H29N. The van der Waals surface area contributed by atoms with Gasteiger partial charge in [-0.05, 0) is 96.9 Å². The molecule has 9 rings (SSSR count). The maximum absolute atomic E-state index is 3.82. The summed E-state index contributed by atoms with van der Waals surface area (Å²) in [6, 6.07) is 61.7. The maximum atomic E-state index is 3.82. The second kappa shape index (κ2) is 10.4. The zero-order valence-electron chi connectivity index (χ0n) is 24.7. The number of benzene rings is 8. The molecular weight excluding hydrogens is 542 g/mol. The number of H-pyrrole nitrogens is 1. The van der Waals surface area contributed by atoms with Crippen molar-refractivity contribution >= 4 is 43.4 Å². The minimum Gasteiger partial charge on any atom is -0.354 e. The van der Waals surface area contributed by atoms with Crippen molar-refractivity contribution in [2.75, 3.05) is 0 Å². The largest absolute Gasteiger partial charge is 0.354 e. The molecule has 0 fully saturated rings. The molecule has 0 aliphatic carbocycles. The van der Waals surface area contributed by atoms with Gasteiger partial charge in [-0.1, -0.05) is 133 Å². The fourth-order valence-electron chi connectivity index (χ4n) is 6.98. The van der Waals surface area contributed by atoms with Gasteiger partial charge < -0.3 is 4.98 Å². The molecule has 1 N–H and O–H groups in total. The number of fused-ring (bicyclic) bond motifs is 6. The Morgan fingerprint density at radius 1 is 0.289 bits per heavy atom. The third kappa shape index (κ3) is 4.32. The monoisotopic (exact) mass is 571 g/mol. The molecule has 1 nitrogen and oxygen atoms in total. The van der Waals surface area contributed by atoms with E-state index in [1.165, 1.54) is 76.8 Å². The van der Waals surface area contributed by atoms with Crippen LogP contribution in [0.2, 0.25) is 0 Å². The van der Waals surface area contributed by atoms with Gasteiger partial charge in [0.25, 0.3) is 0 Å². The number of aromatic amines is 1. The molecule has 0 bridgehead atoms. The quantitative estimate of drug-likeness (QED) is 0.202. The molecule has 45 heavy (non-hydrogen) atoms. The molecule has 9 aromatic rings. The van der Waals surface area contributed by atoms with Gasteiger partial charge in [-0.2, -0.15) is 0 Å². The molecule has 8 aromatic carbocycles. The molecule has 0 atom stereocenters. The first-order valence-electron chi connectivity index (χ1n) is 15.5. The predicted molar refractivity (Wildman–Crippen MR) is 193 cm³/mol. The van der Waals surface area contributed by atoms with Crippen LogP contribution in [0, 0.1) is 0 Å². The summed E-state index contributed by atoms with van der Waals surface area (Å²) < 4.78 is 0.